The van der Waals surface area contributed by atoms with Crippen molar-refractivity contribution in [1.82, 2.24) is 10.3 Å². The first-order chi connectivity index (χ1) is 16.9. The summed E-state index contributed by atoms with van der Waals surface area (Å²) in [6, 6.07) is 19.5. The fourth-order valence-electron chi connectivity index (χ4n) is 4.20. The normalized spacial score (nSPS) is 14.5. The summed E-state index contributed by atoms with van der Waals surface area (Å²) >= 11 is 0. The Morgan fingerprint density at radius 1 is 1.03 bits per heavy atom. The lowest BCUT2D eigenvalue weighted by Gasteiger charge is -2.33. The molecule has 1 aliphatic heterocycles. The Morgan fingerprint density at radius 2 is 1.80 bits per heavy atom. The maximum absolute atomic E-state index is 12.9. The van der Waals surface area contributed by atoms with Gasteiger partial charge in [0.05, 0.1) is 4.90 Å². The number of amides is 1. The van der Waals surface area contributed by atoms with E-state index in [1.165, 1.54) is 17.7 Å². The lowest BCUT2D eigenvalue weighted by atomic mass is 10.0. The van der Waals surface area contributed by atoms with Gasteiger partial charge < -0.3 is 10.2 Å². The van der Waals surface area contributed by atoms with Crippen LogP contribution in [-0.2, 0) is 16.4 Å². The van der Waals surface area contributed by atoms with Crippen molar-refractivity contribution in [2.75, 3.05) is 22.7 Å². The summed E-state index contributed by atoms with van der Waals surface area (Å²) in [6.45, 7) is 3.75. The number of aryl methyl sites for hydroxylation is 1. The Kier molecular flexibility index (Phi) is 8.02. The molecule has 0 spiro atoms. The van der Waals surface area contributed by atoms with E-state index in [0.717, 1.165) is 51.0 Å². The van der Waals surface area contributed by atoms with Gasteiger partial charge in [0.15, 0.2) is 0 Å². The number of nitrogens with one attached hydrogen (secondary N) is 2. The highest BCUT2D eigenvalue weighted by Crippen LogP contribution is 2.20. The number of unbranched alkanes of at least 4 members (excludes halogenated alkanes) is 1. The van der Waals surface area contributed by atoms with Crippen molar-refractivity contribution in [1.29, 1.82) is 0 Å². The number of rotatable bonds is 9. The maximum Gasteiger partial charge on any atom is 0.261 e. The van der Waals surface area contributed by atoms with Gasteiger partial charge in [0, 0.05) is 36.6 Å². The van der Waals surface area contributed by atoms with Crippen molar-refractivity contribution in [3.05, 3.63) is 84.1 Å². The predicted octanol–water partition coefficient (Wildman–Crippen LogP) is 4.62. The summed E-state index contributed by atoms with van der Waals surface area (Å²) in [5.74, 6) is 0.678. The molecule has 0 aliphatic carbocycles. The molecule has 8 heteroatoms. The quantitative estimate of drug-likeness (QED) is 0.455. The van der Waals surface area contributed by atoms with Gasteiger partial charge in [-0.3, -0.25) is 9.52 Å². The number of piperidine rings is 1. The Bertz CT molecular complexity index is 1220. The summed E-state index contributed by atoms with van der Waals surface area (Å²) in [5, 5.41) is 3.06. The van der Waals surface area contributed by atoms with Crippen molar-refractivity contribution in [2.24, 2.45) is 0 Å². The zero-order valence-electron chi connectivity index (χ0n) is 20.0. The Morgan fingerprint density at radius 3 is 2.49 bits per heavy atom. The number of aromatic nitrogens is 1. The SMILES string of the molecule is CCCCc1ccc(NS(=O)(=O)c2cccc(C(=O)NC3CCN(c4ccccn4)CC3)c2)cc1. The van der Waals surface area contributed by atoms with Crippen molar-refractivity contribution < 1.29 is 13.2 Å². The van der Waals surface area contributed by atoms with Crippen LogP contribution in [-0.4, -0.2) is 38.4 Å². The van der Waals surface area contributed by atoms with E-state index in [4.69, 9.17) is 0 Å². The van der Waals surface area contributed by atoms with Gasteiger partial charge in [-0.1, -0.05) is 37.6 Å². The molecule has 1 saturated heterocycles. The molecule has 0 saturated carbocycles. The minimum absolute atomic E-state index is 0.0343. The molecule has 1 aromatic heterocycles. The molecule has 1 amide bonds. The van der Waals surface area contributed by atoms with E-state index >= 15 is 0 Å². The van der Waals surface area contributed by atoms with E-state index in [0.29, 0.717) is 11.3 Å². The van der Waals surface area contributed by atoms with Crippen LogP contribution in [0.5, 0.6) is 0 Å². The molecule has 7 nitrogen and oxygen atoms in total. The van der Waals surface area contributed by atoms with Crippen LogP contribution in [0.25, 0.3) is 0 Å². The van der Waals surface area contributed by atoms with Crippen LogP contribution in [0.2, 0.25) is 0 Å². The average Bonchev–Trinajstić information content (AvgIpc) is 2.89. The van der Waals surface area contributed by atoms with Crippen molar-refractivity contribution in [2.45, 2.75) is 50.0 Å². The van der Waals surface area contributed by atoms with Crippen LogP contribution in [0.4, 0.5) is 11.5 Å². The minimum atomic E-state index is -3.81. The predicted molar refractivity (Wildman–Crippen MR) is 139 cm³/mol. The second-order valence-electron chi connectivity index (χ2n) is 8.86. The first-order valence-corrected chi connectivity index (χ1v) is 13.6. The van der Waals surface area contributed by atoms with Crippen LogP contribution in [0.3, 0.4) is 0 Å². The highest BCUT2D eigenvalue weighted by molar-refractivity contribution is 7.92. The van der Waals surface area contributed by atoms with E-state index in [9.17, 15) is 13.2 Å². The van der Waals surface area contributed by atoms with Gasteiger partial charge in [-0.05, 0) is 73.7 Å². The molecule has 184 valence electrons. The molecule has 3 aromatic rings. The monoisotopic (exact) mass is 492 g/mol. The third-order valence-electron chi connectivity index (χ3n) is 6.24. The van der Waals surface area contributed by atoms with E-state index in [1.807, 2.05) is 30.3 Å². The van der Waals surface area contributed by atoms with Crippen molar-refractivity contribution in [3.63, 3.8) is 0 Å². The van der Waals surface area contributed by atoms with Gasteiger partial charge in [-0.25, -0.2) is 13.4 Å². The second kappa shape index (κ2) is 11.4. The number of sulfonamides is 1. The topological polar surface area (TPSA) is 91.4 Å². The van der Waals surface area contributed by atoms with E-state index in [2.05, 4.69) is 26.8 Å². The average molecular weight is 493 g/mol. The summed E-state index contributed by atoms with van der Waals surface area (Å²) in [7, 11) is -3.81. The summed E-state index contributed by atoms with van der Waals surface area (Å²) in [5.41, 5.74) is 2.01. The van der Waals surface area contributed by atoms with Crippen molar-refractivity contribution >= 4 is 27.4 Å². The van der Waals surface area contributed by atoms with Gasteiger partial charge in [0.25, 0.3) is 15.9 Å². The lowest BCUT2D eigenvalue weighted by molar-refractivity contribution is 0.0931. The van der Waals surface area contributed by atoms with Crippen molar-refractivity contribution in [3.8, 4) is 0 Å². The summed E-state index contributed by atoms with van der Waals surface area (Å²) < 4.78 is 28.5. The van der Waals surface area contributed by atoms with Gasteiger partial charge in [0.2, 0.25) is 0 Å². The molecular formula is C27H32N4O3S. The van der Waals surface area contributed by atoms with Gasteiger partial charge >= 0.3 is 0 Å². The van der Waals surface area contributed by atoms with E-state index < -0.39 is 10.0 Å². The fourth-order valence-corrected chi connectivity index (χ4v) is 5.31. The Hall–Kier alpha value is -3.39. The molecule has 2 heterocycles. The summed E-state index contributed by atoms with van der Waals surface area (Å²) in [6.07, 6.45) is 6.57. The van der Waals surface area contributed by atoms with Crippen LogP contribution >= 0.6 is 0 Å². The second-order valence-corrected chi connectivity index (χ2v) is 10.5. The highest BCUT2D eigenvalue weighted by Gasteiger charge is 2.23. The standard InChI is InChI=1S/C27H32N4O3S/c1-2-3-7-21-11-13-24(14-12-21)30-35(33,34)25-9-6-8-22(20-25)27(32)29-23-15-18-31(19-16-23)26-10-4-5-17-28-26/h4-6,8-14,17,20,23,30H,2-3,7,15-16,18-19H2,1H3,(H,29,32). The molecule has 1 fully saturated rings. The third kappa shape index (κ3) is 6.60. The smallest absolute Gasteiger partial charge is 0.261 e. The van der Waals surface area contributed by atoms with E-state index in [1.54, 1.807) is 30.5 Å². The number of carbonyl (C=O) groups excluding carboxylic acids is 1. The van der Waals surface area contributed by atoms with Gasteiger partial charge in [0.1, 0.15) is 5.82 Å². The maximum atomic E-state index is 12.9. The van der Waals surface area contributed by atoms with E-state index in [-0.39, 0.29) is 16.8 Å². The first-order valence-electron chi connectivity index (χ1n) is 12.1. The highest BCUT2D eigenvalue weighted by atomic mass is 32.2. The Labute approximate surface area is 207 Å². The fraction of sp³-hybridized carbons (Fsp3) is 0.333. The number of anilines is 2. The molecular weight excluding hydrogens is 460 g/mol. The number of nitrogens with zero attached hydrogens (tertiary/aromatic N) is 2. The molecule has 0 radical (unpaired) electrons. The minimum Gasteiger partial charge on any atom is -0.356 e. The molecule has 4 rings (SSSR count). The van der Waals surface area contributed by atoms with Gasteiger partial charge in [-0.15, -0.1) is 0 Å². The van der Waals surface area contributed by atoms with Gasteiger partial charge in [-0.2, -0.15) is 0 Å². The first kappa shape index (κ1) is 24.7. The number of hydrogen-bond donors (Lipinski definition) is 2. The third-order valence-corrected chi connectivity index (χ3v) is 7.61. The molecule has 35 heavy (non-hydrogen) atoms. The number of pyridine rings is 1. The van der Waals surface area contributed by atoms with Crippen LogP contribution < -0.4 is 14.9 Å². The summed E-state index contributed by atoms with van der Waals surface area (Å²) in [4.78, 5) is 19.5. The largest absolute Gasteiger partial charge is 0.356 e. The molecule has 2 aromatic carbocycles. The molecule has 0 bridgehead atoms. The molecule has 2 N–H and O–H groups in total. The number of benzene rings is 2. The molecule has 0 atom stereocenters. The number of hydrogen-bond acceptors (Lipinski definition) is 5. The lowest BCUT2D eigenvalue weighted by Crippen LogP contribution is -2.45. The molecule has 1 aliphatic rings. The zero-order chi connectivity index (χ0) is 24.7. The zero-order valence-corrected chi connectivity index (χ0v) is 20.8. The van der Waals surface area contributed by atoms with Crippen LogP contribution in [0, 0.1) is 0 Å². The van der Waals surface area contributed by atoms with Crippen LogP contribution in [0.1, 0.15) is 48.5 Å². The number of carbonyl (C=O) groups is 1. The molecule has 0 unspecified atom stereocenters. The Balaban J connectivity index is 1.36. The van der Waals surface area contributed by atoms with Crippen LogP contribution in [0.15, 0.2) is 77.8 Å².